The normalized spacial score (nSPS) is 11.0. The van der Waals surface area contributed by atoms with Crippen molar-refractivity contribution in [2.45, 2.75) is 6.92 Å². The van der Waals surface area contributed by atoms with Gasteiger partial charge in [0.15, 0.2) is 6.61 Å². The summed E-state index contributed by atoms with van der Waals surface area (Å²) in [6.07, 6.45) is 1.50. The number of ketones is 1. The van der Waals surface area contributed by atoms with Crippen LogP contribution in [0.25, 0.3) is 6.08 Å². The van der Waals surface area contributed by atoms with Crippen LogP contribution in [-0.4, -0.2) is 24.3 Å². The molecular weight excluding hydrogens is 394 g/mol. The highest BCUT2D eigenvalue weighted by molar-refractivity contribution is 9.11. The van der Waals surface area contributed by atoms with Gasteiger partial charge in [-0.15, -0.1) is 11.3 Å². The van der Waals surface area contributed by atoms with Gasteiger partial charge in [-0.05, 0) is 39.7 Å². The fraction of sp³-hybridized carbons (Fsp3) is 0.118. The number of rotatable bonds is 6. The van der Waals surface area contributed by atoms with Gasteiger partial charge in [0.1, 0.15) is 5.70 Å². The Kier molecular flexibility index (Phi) is 6.45. The van der Waals surface area contributed by atoms with Gasteiger partial charge < -0.3 is 10.1 Å². The summed E-state index contributed by atoms with van der Waals surface area (Å²) < 4.78 is 5.84. The van der Waals surface area contributed by atoms with Crippen LogP contribution in [-0.2, 0) is 14.3 Å². The summed E-state index contributed by atoms with van der Waals surface area (Å²) in [6.45, 7) is 0.901. The minimum absolute atomic E-state index is 0.0196. The highest BCUT2D eigenvalue weighted by Crippen LogP contribution is 2.22. The zero-order chi connectivity index (χ0) is 17.5. The number of halogens is 1. The summed E-state index contributed by atoms with van der Waals surface area (Å²) in [4.78, 5) is 35.9. The van der Waals surface area contributed by atoms with Crippen LogP contribution < -0.4 is 5.32 Å². The van der Waals surface area contributed by atoms with Crippen molar-refractivity contribution in [3.63, 3.8) is 0 Å². The number of hydrogen-bond acceptors (Lipinski definition) is 5. The first-order valence-electron chi connectivity index (χ1n) is 6.95. The Bertz CT molecular complexity index is 783. The first kappa shape index (κ1) is 18.1. The van der Waals surface area contributed by atoms with E-state index < -0.39 is 18.5 Å². The summed E-state index contributed by atoms with van der Waals surface area (Å²) in [5.41, 5.74) is 0.709. The van der Waals surface area contributed by atoms with E-state index in [-0.39, 0.29) is 11.5 Å². The lowest BCUT2D eigenvalue weighted by molar-refractivity contribution is -0.139. The number of benzene rings is 1. The number of Topliss-reactive ketones (excluding diaryl/α,β-unsaturated/α-hetero) is 1. The Morgan fingerprint density at radius 1 is 1.17 bits per heavy atom. The van der Waals surface area contributed by atoms with Gasteiger partial charge in [-0.2, -0.15) is 0 Å². The second kappa shape index (κ2) is 8.56. The first-order valence-corrected chi connectivity index (χ1v) is 8.56. The number of esters is 1. The minimum Gasteiger partial charge on any atom is -0.453 e. The predicted octanol–water partition coefficient (Wildman–Crippen LogP) is 3.41. The first-order chi connectivity index (χ1) is 11.5. The van der Waals surface area contributed by atoms with E-state index in [4.69, 9.17) is 4.74 Å². The van der Waals surface area contributed by atoms with Crippen LogP contribution in [0.3, 0.4) is 0 Å². The van der Waals surface area contributed by atoms with Crippen LogP contribution in [0.5, 0.6) is 0 Å². The summed E-state index contributed by atoms with van der Waals surface area (Å²) in [7, 11) is 0. The lowest BCUT2D eigenvalue weighted by atomic mass is 10.2. The second-order valence-electron chi connectivity index (χ2n) is 4.75. The van der Waals surface area contributed by atoms with E-state index in [1.165, 1.54) is 24.3 Å². The Morgan fingerprint density at radius 3 is 2.46 bits per heavy atom. The average Bonchev–Trinajstić information content (AvgIpc) is 2.99. The van der Waals surface area contributed by atoms with Crippen molar-refractivity contribution < 1.29 is 19.1 Å². The summed E-state index contributed by atoms with van der Waals surface area (Å²) in [5, 5.41) is 2.43. The van der Waals surface area contributed by atoms with Gasteiger partial charge >= 0.3 is 5.97 Å². The molecule has 0 fully saturated rings. The quantitative estimate of drug-likeness (QED) is 0.452. The SMILES string of the molecule is CC(=O)N/C(=C/c1ccccc1)C(=O)OCC(=O)c1ccc(Br)s1. The zero-order valence-electron chi connectivity index (χ0n) is 12.7. The molecule has 124 valence electrons. The Labute approximate surface area is 151 Å². The molecule has 2 rings (SSSR count). The van der Waals surface area contributed by atoms with E-state index >= 15 is 0 Å². The van der Waals surface area contributed by atoms with Crippen LogP contribution in [0.1, 0.15) is 22.2 Å². The lowest BCUT2D eigenvalue weighted by Crippen LogP contribution is -2.27. The van der Waals surface area contributed by atoms with Crippen LogP contribution in [0.2, 0.25) is 0 Å². The summed E-state index contributed by atoms with van der Waals surface area (Å²) in [5.74, 6) is -1.47. The molecule has 0 saturated carbocycles. The monoisotopic (exact) mass is 407 g/mol. The number of hydrogen-bond donors (Lipinski definition) is 1. The van der Waals surface area contributed by atoms with Crippen molar-refractivity contribution >= 4 is 51.0 Å². The van der Waals surface area contributed by atoms with E-state index in [9.17, 15) is 14.4 Å². The molecule has 0 unspecified atom stereocenters. The molecule has 5 nitrogen and oxygen atoms in total. The van der Waals surface area contributed by atoms with Gasteiger partial charge in [-0.25, -0.2) is 4.79 Å². The number of nitrogens with one attached hydrogen (secondary N) is 1. The summed E-state index contributed by atoms with van der Waals surface area (Å²) in [6, 6.07) is 12.4. The van der Waals surface area contributed by atoms with E-state index in [2.05, 4.69) is 21.2 Å². The molecule has 1 amide bonds. The lowest BCUT2D eigenvalue weighted by Gasteiger charge is -2.08. The molecule has 7 heteroatoms. The third-order valence-corrected chi connectivity index (χ3v) is 4.49. The number of carbonyl (C=O) groups excluding carboxylic acids is 3. The highest BCUT2D eigenvalue weighted by atomic mass is 79.9. The molecule has 0 aliphatic carbocycles. The van der Waals surface area contributed by atoms with Gasteiger partial charge in [0.25, 0.3) is 0 Å². The van der Waals surface area contributed by atoms with Gasteiger partial charge in [-0.1, -0.05) is 30.3 Å². The smallest absolute Gasteiger partial charge is 0.355 e. The van der Waals surface area contributed by atoms with Crippen molar-refractivity contribution in [1.29, 1.82) is 0 Å². The van der Waals surface area contributed by atoms with Gasteiger partial charge in [0, 0.05) is 6.92 Å². The molecule has 2 aromatic rings. The summed E-state index contributed by atoms with van der Waals surface area (Å²) >= 11 is 4.53. The Balaban J connectivity index is 2.06. The maximum atomic E-state index is 12.2. The molecule has 0 bridgehead atoms. The minimum atomic E-state index is -0.766. The van der Waals surface area contributed by atoms with Crippen LogP contribution in [0, 0.1) is 0 Å². The molecular formula is C17H14BrNO4S. The molecule has 24 heavy (non-hydrogen) atoms. The molecule has 0 saturated heterocycles. The average molecular weight is 408 g/mol. The van der Waals surface area contributed by atoms with Crippen LogP contribution in [0.4, 0.5) is 0 Å². The molecule has 0 aliphatic rings. The van der Waals surface area contributed by atoms with Crippen molar-refractivity contribution in [3.05, 3.63) is 62.4 Å². The Hall–Kier alpha value is -2.25. The van der Waals surface area contributed by atoms with Crippen LogP contribution >= 0.6 is 27.3 Å². The Morgan fingerprint density at radius 2 is 1.88 bits per heavy atom. The van der Waals surface area contributed by atoms with E-state index in [1.807, 2.05) is 6.07 Å². The topological polar surface area (TPSA) is 72.5 Å². The van der Waals surface area contributed by atoms with Gasteiger partial charge in [-0.3, -0.25) is 9.59 Å². The molecule has 1 N–H and O–H groups in total. The maximum Gasteiger partial charge on any atom is 0.355 e. The molecule has 0 atom stereocenters. The zero-order valence-corrected chi connectivity index (χ0v) is 15.1. The van der Waals surface area contributed by atoms with Crippen molar-refractivity contribution in [3.8, 4) is 0 Å². The van der Waals surface area contributed by atoms with Crippen molar-refractivity contribution in [1.82, 2.24) is 5.32 Å². The van der Waals surface area contributed by atoms with E-state index in [0.29, 0.717) is 4.88 Å². The highest BCUT2D eigenvalue weighted by Gasteiger charge is 2.16. The van der Waals surface area contributed by atoms with Crippen molar-refractivity contribution in [2.24, 2.45) is 0 Å². The number of carbonyl (C=O) groups is 3. The molecule has 0 spiro atoms. The fourth-order valence-electron chi connectivity index (χ4n) is 1.80. The molecule has 0 radical (unpaired) electrons. The van der Waals surface area contributed by atoms with Crippen LogP contribution in [0.15, 0.2) is 51.9 Å². The number of amides is 1. The predicted molar refractivity (Wildman–Crippen MR) is 95.5 cm³/mol. The van der Waals surface area contributed by atoms with Crippen molar-refractivity contribution in [2.75, 3.05) is 6.61 Å². The maximum absolute atomic E-state index is 12.2. The third-order valence-electron chi connectivity index (χ3n) is 2.82. The third kappa shape index (κ3) is 5.43. The van der Waals surface area contributed by atoms with Gasteiger partial charge in [0.2, 0.25) is 11.7 Å². The second-order valence-corrected chi connectivity index (χ2v) is 7.22. The van der Waals surface area contributed by atoms with E-state index in [1.54, 1.807) is 36.4 Å². The fourth-order valence-corrected chi connectivity index (χ4v) is 3.11. The molecule has 1 aromatic heterocycles. The number of ether oxygens (including phenoxy) is 1. The standard InChI is InChI=1S/C17H14BrNO4S/c1-11(20)19-13(9-12-5-3-2-4-6-12)17(22)23-10-14(21)15-7-8-16(18)24-15/h2-9H,10H2,1H3,(H,19,20)/b13-9+. The van der Waals surface area contributed by atoms with Gasteiger partial charge in [0.05, 0.1) is 8.66 Å². The molecule has 1 heterocycles. The number of thiophene rings is 1. The van der Waals surface area contributed by atoms with E-state index in [0.717, 1.165) is 9.35 Å². The molecule has 1 aromatic carbocycles. The molecule has 0 aliphatic heterocycles. The largest absolute Gasteiger partial charge is 0.453 e.